The fraction of sp³-hybridized carbons (Fsp3) is 0.125. The van der Waals surface area contributed by atoms with E-state index in [1.54, 1.807) is 12.4 Å². The molecule has 0 aliphatic rings. The lowest BCUT2D eigenvalue weighted by Crippen LogP contribution is -2.01. The Morgan fingerprint density at radius 2 is 2.21 bits per heavy atom. The highest BCUT2D eigenvalue weighted by molar-refractivity contribution is 14.1. The van der Waals surface area contributed by atoms with Crippen LogP contribution in [0.3, 0.4) is 0 Å². The first kappa shape index (κ1) is 9.38. The van der Waals surface area contributed by atoms with Crippen LogP contribution in [0.25, 0.3) is 11.6 Å². The van der Waals surface area contributed by atoms with Crippen molar-refractivity contribution in [2.75, 3.05) is 5.73 Å². The van der Waals surface area contributed by atoms with Crippen LogP contribution in [0.4, 0.5) is 5.82 Å². The lowest BCUT2D eigenvalue weighted by molar-refractivity contribution is 0.906. The van der Waals surface area contributed by atoms with Crippen molar-refractivity contribution in [1.82, 2.24) is 19.5 Å². The molecule has 0 aliphatic heterocycles. The summed E-state index contributed by atoms with van der Waals surface area (Å²) in [4.78, 5) is 12.4. The van der Waals surface area contributed by atoms with E-state index >= 15 is 0 Å². The maximum atomic E-state index is 5.68. The first-order valence-electron chi connectivity index (χ1n) is 3.94. The van der Waals surface area contributed by atoms with Gasteiger partial charge in [-0.05, 0) is 22.6 Å². The van der Waals surface area contributed by atoms with Crippen molar-refractivity contribution < 1.29 is 0 Å². The lowest BCUT2D eigenvalue weighted by atomic mass is 10.5. The van der Waals surface area contributed by atoms with Crippen LogP contribution in [-0.2, 0) is 7.05 Å². The van der Waals surface area contributed by atoms with Crippen molar-refractivity contribution in [3.63, 3.8) is 0 Å². The van der Waals surface area contributed by atoms with Crippen LogP contribution in [0, 0.1) is 3.57 Å². The molecule has 14 heavy (non-hydrogen) atoms. The highest BCUT2D eigenvalue weighted by atomic mass is 127. The van der Waals surface area contributed by atoms with Crippen molar-refractivity contribution in [2.45, 2.75) is 0 Å². The summed E-state index contributed by atoms with van der Waals surface area (Å²) in [6, 6.07) is 0. The van der Waals surface area contributed by atoms with Gasteiger partial charge in [0.2, 0.25) is 0 Å². The number of rotatable bonds is 1. The van der Waals surface area contributed by atoms with E-state index in [9.17, 15) is 0 Å². The fourth-order valence-corrected chi connectivity index (χ4v) is 1.33. The Hall–Kier alpha value is -1.18. The summed E-state index contributed by atoms with van der Waals surface area (Å²) < 4.78 is 2.70. The van der Waals surface area contributed by atoms with E-state index < -0.39 is 0 Å². The number of anilines is 1. The molecule has 5 nitrogen and oxygen atoms in total. The summed E-state index contributed by atoms with van der Waals surface area (Å²) in [5.41, 5.74) is 5.68. The summed E-state index contributed by atoms with van der Waals surface area (Å²) in [7, 11) is 1.89. The number of aryl methyl sites for hydroxylation is 1. The van der Waals surface area contributed by atoms with E-state index in [-0.39, 0.29) is 0 Å². The molecule has 6 heteroatoms. The van der Waals surface area contributed by atoms with Gasteiger partial charge >= 0.3 is 0 Å². The first-order valence-corrected chi connectivity index (χ1v) is 5.02. The molecule has 0 saturated carbocycles. The van der Waals surface area contributed by atoms with Crippen LogP contribution in [0.5, 0.6) is 0 Å². The average molecular weight is 301 g/mol. The number of nitrogens with zero attached hydrogens (tertiary/aromatic N) is 4. The molecule has 0 radical (unpaired) electrons. The molecule has 72 valence electrons. The van der Waals surface area contributed by atoms with Crippen LogP contribution in [0.2, 0.25) is 0 Å². The molecule has 0 spiro atoms. The van der Waals surface area contributed by atoms with Crippen LogP contribution in [0.15, 0.2) is 18.6 Å². The molecule has 2 rings (SSSR count). The summed E-state index contributed by atoms with van der Waals surface area (Å²) >= 11 is 2.09. The number of aromatic nitrogens is 4. The van der Waals surface area contributed by atoms with E-state index in [2.05, 4.69) is 37.5 Å². The molecule has 2 heterocycles. The van der Waals surface area contributed by atoms with Gasteiger partial charge in [0.1, 0.15) is 5.82 Å². The molecular formula is C8H8IN5. The van der Waals surface area contributed by atoms with E-state index in [4.69, 9.17) is 5.73 Å². The molecule has 0 unspecified atom stereocenters. The second-order valence-corrected chi connectivity index (χ2v) is 3.95. The van der Waals surface area contributed by atoms with Gasteiger partial charge in [-0.2, -0.15) is 0 Å². The topological polar surface area (TPSA) is 69.6 Å². The SMILES string of the molecule is Cn1ccnc1-c1ncc(I)c(N)n1. The van der Waals surface area contributed by atoms with Crippen molar-refractivity contribution in [1.29, 1.82) is 0 Å². The minimum absolute atomic E-state index is 0.485. The minimum Gasteiger partial charge on any atom is -0.383 e. The van der Waals surface area contributed by atoms with Gasteiger partial charge in [-0.3, -0.25) is 0 Å². The lowest BCUT2D eigenvalue weighted by Gasteiger charge is -2.01. The van der Waals surface area contributed by atoms with Crippen LogP contribution in [-0.4, -0.2) is 19.5 Å². The molecule has 2 aromatic rings. The number of nitrogen functional groups attached to an aromatic ring is 1. The molecule has 0 bridgehead atoms. The van der Waals surface area contributed by atoms with E-state index in [0.717, 1.165) is 3.57 Å². The third-order valence-electron chi connectivity index (χ3n) is 1.79. The number of halogens is 1. The summed E-state index contributed by atoms with van der Waals surface area (Å²) in [6.07, 6.45) is 5.23. The second-order valence-electron chi connectivity index (χ2n) is 2.79. The number of imidazole rings is 1. The van der Waals surface area contributed by atoms with E-state index in [0.29, 0.717) is 17.5 Å². The Balaban J connectivity index is 2.53. The maximum absolute atomic E-state index is 5.68. The highest BCUT2D eigenvalue weighted by Gasteiger charge is 2.07. The molecule has 0 aromatic carbocycles. The minimum atomic E-state index is 0.485. The smallest absolute Gasteiger partial charge is 0.197 e. The van der Waals surface area contributed by atoms with E-state index in [1.165, 1.54) is 0 Å². The third-order valence-corrected chi connectivity index (χ3v) is 2.62. The van der Waals surface area contributed by atoms with Crippen LogP contribution >= 0.6 is 22.6 Å². The number of hydrogen-bond donors (Lipinski definition) is 1. The molecule has 0 atom stereocenters. The van der Waals surface area contributed by atoms with Gasteiger partial charge in [-0.1, -0.05) is 0 Å². The van der Waals surface area contributed by atoms with Crippen LogP contribution in [0.1, 0.15) is 0 Å². The zero-order valence-corrected chi connectivity index (χ0v) is 9.63. The predicted octanol–water partition coefficient (Wildman–Crippen LogP) is 1.06. The highest BCUT2D eigenvalue weighted by Crippen LogP contribution is 2.16. The number of hydrogen-bond acceptors (Lipinski definition) is 4. The average Bonchev–Trinajstić information content (AvgIpc) is 2.57. The molecule has 2 N–H and O–H groups in total. The number of nitrogens with two attached hydrogens (primary N) is 1. The first-order chi connectivity index (χ1) is 6.68. The standard InChI is InChI=1S/C8H8IN5/c1-14-3-2-11-8(14)7-12-4-5(9)6(10)13-7/h2-4H,1H3,(H2,10,12,13). The summed E-state index contributed by atoms with van der Waals surface area (Å²) in [5.74, 6) is 1.75. The summed E-state index contributed by atoms with van der Waals surface area (Å²) in [6.45, 7) is 0. The Kier molecular flexibility index (Phi) is 2.36. The monoisotopic (exact) mass is 301 g/mol. The second kappa shape index (κ2) is 3.52. The molecule has 0 amide bonds. The molecule has 2 aromatic heterocycles. The zero-order chi connectivity index (χ0) is 10.1. The third kappa shape index (κ3) is 1.57. The van der Waals surface area contributed by atoms with Gasteiger partial charge in [0.25, 0.3) is 0 Å². The van der Waals surface area contributed by atoms with Crippen molar-refractivity contribution >= 4 is 28.4 Å². The van der Waals surface area contributed by atoms with Gasteiger partial charge in [-0.25, -0.2) is 15.0 Å². The van der Waals surface area contributed by atoms with Crippen molar-refractivity contribution in [3.05, 3.63) is 22.2 Å². The maximum Gasteiger partial charge on any atom is 0.197 e. The largest absolute Gasteiger partial charge is 0.383 e. The predicted molar refractivity (Wildman–Crippen MR) is 61.4 cm³/mol. The molecule has 0 fully saturated rings. The van der Waals surface area contributed by atoms with Gasteiger partial charge in [-0.15, -0.1) is 0 Å². The van der Waals surface area contributed by atoms with Gasteiger partial charge in [0.15, 0.2) is 11.6 Å². The Morgan fingerprint density at radius 1 is 1.43 bits per heavy atom. The quantitative estimate of drug-likeness (QED) is 0.800. The molecular weight excluding hydrogens is 293 g/mol. The van der Waals surface area contributed by atoms with Gasteiger partial charge in [0.05, 0.1) is 3.57 Å². The molecule has 0 aliphatic carbocycles. The summed E-state index contributed by atoms with van der Waals surface area (Å²) in [5, 5.41) is 0. The van der Waals surface area contributed by atoms with Gasteiger partial charge < -0.3 is 10.3 Å². The van der Waals surface area contributed by atoms with Gasteiger partial charge in [0, 0.05) is 25.6 Å². The molecule has 0 saturated heterocycles. The van der Waals surface area contributed by atoms with E-state index in [1.807, 2.05) is 17.8 Å². The normalized spacial score (nSPS) is 10.4. The Labute approximate surface area is 94.5 Å². The Morgan fingerprint density at radius 3 is 2.79 bits per heavy atom. The van der Waals surface area contributed by atoms with Crippen molar-refractivity contribution in [2.24, 2.45) is 7.05 Å². The van der Waals surface area contributed by atoms with Crippen LogP contribution < -0.4 is 5.73 Å². The fourth-order valence-electron chi connectivity index (χ4n) is 1.07. The van der Waals surface area contributed by atoms with Crippen molar-refractivity contribution in [3.8, 4) is 11.6 Å². The zero-order valence-electron chi connectivity index (χ0n) is 7.48. The Bertz CT molecular complexity index is 465.